The van der Waals surface area contributed by atoms with E-state index in [9.17, 15) is 18.8 Å². The predicted octanol–water partition coefficient (Wildman–Crippen LogP) is 2.62. The topological polar surface area (TPSA) is 122 Å². The lowest BCUT2D eigenvalue weighted by Gasteiger charge is -2.35. The van der Waals surface area contributed by atoms with Gasteiger partial charge in [0.2, 0.25) is 12.2 Å². The number of amides is 2. The molecule has 2 amide bonds. The zero-order valence-corrected chi connectivity index (χ0v) is 17.8. The Kier molecular flexibility index (Phi) is 5.41. The smallest absolute Gasteiger partial charge is 0.410 e. The Hall–Kier alpha value is -3.76. The second-order valence-corrected chi connectivity index (χ2v) is 8.39. The molecule has 4 rings (SSSR count). The number of halogens is 1. The Balaban J connectivity index is 1.51. The van der Waals surface area contributed by atoms with E-state index in [1.807, 2.05) is 0 Å². The van der Waals surface area contributed by atoms with Crippen molar-refractivity contribution in [2.24, 2.45) is 0 Å². The third kappa shape index (κ3) is 4.05. The molecule has 3 heterocycles. The number of piperazine rings is 1. The fourth-order valence-electron chi connectivity index (χ4n) is 3.54. The highest BCUT2D eigenvalue weighted by Crippen LogP contribution is 2.30. The molecule has 168 valence electrons. The standard InChI is InChI=1S/C21H22FN5O5/c1-21(2,3)32-20(30)27-8-6-26(7-9-27)19(29)17(28)13-10-23-16-12(18-24-11-31-25-18)4-5-14(22)15(13)16/h4-5,10-11,23H,6-9H2,1-3H3. The average Bonchev–Trinajstić information content (AvgIpc) is 3.43. The number of aromatic amines is 1. The van der Waals surface area contributed by atoms with E-state index in [1.165, 1.54) is 28.1 Å². The predicted molar refractivity (Wildman–Crippen MR) is 110 cm³/mol. The molecule has 0 unspecified atom stereocenters. The molecule has 1 aromatic carbocycles. The van der Waals surface area contributed by atoms with Gasteiger partial charge in [0.05, 0.1) is 11.1 Å². The number of ether oxygens (including phenoxy) is 1. The van der Waals surface area contributed by atoms with Crippen LogP contribution in [0.15, 0.2) is 29.2 Å². The molecule has 0 spiro atoms. The van der Waals surface area contributed by atoms with E-state index >= 15 is 0 Å². The summed E-state index contributed by atoms with van der Waals surface area (Å²) in [7, 11) is 0. The van der Waals surface area contributed by atoms with Crippen molar-refractivity contribution in [2.75, 3.05) is 26.2 Å². The second-order valence-electron chi connectivity index (χ2n) is 8.39. The largest absolute Gasteiger partial charge is 0.444 e. The molecule has 1 fully saturated rings. The summed E-state index contributed by atoms with van der Waals surface area (Å²) in [6.45, 7) is 6.12. The second kappa shape index (κ2) is 8.06. The number of Topliss-reactive ketones (excluding diaryl/α,β-unsaturated/α-hetero) is 1. The van der Waals surface area contributed by atoms with Gasteiger partial charge in [0.1, 0.15) is 11.4 Å². The van der Waals surface area contributed by atoms with E-state index in [1.54, 1.807) is 20.8 Å². The molecule has 0 saturated carbocycles. The van der Waals surface area contributed by atoms with Crippen molar-refractivity contribution >= 4 is 28.7 Å². The quantitative estimate of drug-likeness (QED) is 0.488. The van der Waals surface area contributed by atoms with Crippen molar-refractivity contribution in [3.05, 3.63) is 36.1 Å². The number of fused-ring (bicyclic) bond motifs is 1. The maximum atomic E-state index is 14.6. The number of carbonyl (C=O) groups excluding carboxylic acids is 3. The van der Waals surface area contributed by atoms with Crippen LogP contribution in [0.4, 0.5) is 9.18 Å². The fourth-order valence-corrected chi connectivity index (χ4v) is 3.54. The van der Waals surface area contributed by atoms with E-state index in [0.717, 1.165) is 6.39 Å². The van der Waals surface area contributed by atoms with Gasteiger partial charge in [-0.3, -0.25) is 9.59 Å². The van der Waals surface area contributed by atoms with Gasteiger partial charge in [-0.2, -0.15) is 4.98 Å². The zero-order valence-electron chi connectivity index (χ0n) is 17.8. The molecule has 1 aliphatic heterocycles. The number of nitrogens with zero attached hydrogens (tertiary/aromatic N) is 4. The molecule has 11 heteroatoms. The minimum Gasteiger partial charge on any atom is -0.444 e. The Morgan fingerprint density at radius 3 is 2.44 bits per heavy atom. The summed E-state index contributed by atoms with van der Waals surface area (Å²) in [5.74, 6) is -2.04. The number of ketones is 1. The van der Waals surface area contributed by atoms with Crippen LogP contribution in [0.25, 0.3) is 22.3 Å². The molecular weight excluding hydrogens is 421 g/mol. The van der Waals surface area contributed by atoms with Crippen LogP contribution in [0.3, 0.4) is 0 Å². The van der Waals surface area contributed by atoms with Crippen molar-refractivity contribution in [2.45, 2.75) is 26.4 Å². The molecule has 1 N–H and O–H groups in total. The van der Waals surface area contributed by atoms with Gasteiger partial charge >= 0.3 is 6.09 Å². The minimum atomic E-state index is -0.842. The highest BCUT2D eigenvalue weighted by Gasteiger charge is 2.32. The Labute approximate surface area is 182 Å². The SMILES string of the molecule is CC(C)(C)OC(=O)N1CCN(C(=O)C(=O)c2c[nH]c3c(-c4ncon4)ccc(F)c23)CC1. The van der Waals surface area contributed by atoms with E-state index < -0.39 is 29.2 Å². The third-order valence-electron chi connectivity index (χ3n) is 5.04. The zero-order chi connectivity index (χ0) is 23.0. The molecule has 2 aromatic heterocycles. The first-order valence-electron chi connectivity index (χ1n) is 10.0. The summed E-state index contributed by atoms with van der Waals surface area (Å²) in [6.07, 6.45) is 1.97. The van der Waals surface area contributed by atoms with Crippen LogP contribution >= 0.6 is 0 Å². The molecule has 1 saturated heterocycles. The Morgan fingerprint density at radius 2 is 1.81 bits per heavy atom. The normalized spacial score (nSPS) is 14.6. The molecule has 0 bridgehead atoms. The van der Waals surface area contributed by atoms with Gasteiger partial charge in [0.25, 0.3) is 11.7 Å². The molecule has 0 aliphatic carbocycles. The molecule has 32 heavy (non-hydrogen) atoms. The first-order chi connectivity index (χ1) is 15.2. The van der Waals surface area contributed by atoms with E-state index in [4.69, 9.17) is 9.26 Å². The average molecular weight is 443 g/mol. The van der Waals surface area contributed by atoms with Crippen LogP contribution in [0.1, 0.15) is 31.1 Å². The number of aromatic nitrogens is 3. The van der Waals surface area contributed by atoms with Gasteiger partial charge < -0.3 is 24.0 Å². The van der Waals surface area contributed by atoms with Crippen LogP contribution in [0.5, 0.6) is 0 Å². The lowest BCUT2D eigenvalue weighted by atomic mass is 10.0. The van der Waals surface area contributed by atoms with Gasteiger partial charge in [-0.05, 0) is 32.9 Å². The highest BCUT2D eigenvalue weighted by atomic mass is 19.1. The van der Waals surface area contributed by atoms with Gasteiger partial charge in [-0.25, -0.2) is 9.18 Å². The Bertz CT molecular complexity index is 1170. The fraction of sp³-hybridized carbons (Fsp3) is 0.381. The summed E-state index contributed by atoms with van der Waals surface area (Å²) in [4.78, 5) is 47.6. The molecular formula is C21H22FN5O5. The van der Waals surface area contributed by atoms with E-state index in [0.29, 0.717) is 5.56 Å². The number of nitrogens with one attached hydrogen (secondary N) is 1. The van der Waals surface area contributed by atoms with Crippen LogP contribution in [-0.2, 0) is 9.53 Å². The summed E-state index contributed by atoms with van der Waals surface area (Å²) in [6, 6.07) is 2.65. The lowest BCUT2D eigenvalue weighted by molar-refractivity contribution is -0.128. The molecule has 0 atom stereocenters. The minimum absolute atomic E-state index is 0.0157. The number of carbonyl (C=O) groups is 3. The van der Waals surface area contributed by atoms with Crippen LogP contribution in [-0.4, -0.2) is 74.5 Å². The summed E-state index contributed by atoms with van der Waals surface area (Å²) in [5.41, 5.74) is 0.0205. The third-order valence-corrected chi connectivity index (χ3v) is 5.04. The monoisotopic (exact) mass is 443 g/mol. The number of hydrogen-bond donors (Lipinski definition) is 1. The molecule has 3 aromatic rings. The number of hydrogen-bond acceptors (Lipinski definition) is 7. The first-order valence-corrected chi connectivity index (χ1v) is 10.0. The number of H-pyrrole nitrogens is 1. The lowest BCUT2D eigenvalue weighted by Crippen LogP contribution is -2.53. The number of rotatable bonds is 3. The van der Waals surface area contributed by atoms with Crippen molar-refractivity contribution in [3.8, 4) is 11.4 Å². The van der Waals surface area contributed by atoms with E-state index in [-0.39, 0.29) is 48.5 Å². The summed E-state index contributed by atoms with van der Waals surface area (Å²) >= 11 is 0. The first kappa shape index (κ1) is 21.5. The van der Waals surface area contributed by atoms with Crippen molar-refractivity contribution in [3.63, 3.8) is 0 Å². The van der Waals surface area contributed by atoms with Gasteiger partial charge in [0, 0.05) is 43.3 Å². The number of benzene rings is 1. The maximum Gasteiger partial charge on any atom is 0.410 e. The van der Waals surface area contributed by atoms with Crippen molar-refractivity contribution in [1.82, 2.24) is 24.9 Å². The van der Waals surface area contributed by atoms with Crippen molar-refractivity contribution in [1.29, 1.82) is 0 Å². The summed E-state index contributed by atoms with van der Waals surface area (Å²) < 4.78 is 24.7. The molecule has 0 radical (unpaired) electrons. The van der Waals surface area contributed by atoms with Gasteiger partial charge in [-0.1, -0.05) is 5.16 Å². The van der Waals surface area contributed by atoms with Crippen LogP contribution in [0.2, 0.25) is 0 Å². The summed E-state index contributed by atoms with van der Waals surface area (Å²) in [5, 5.41) is 3.73. The van der Waals surface area contributed by atoms with Crippen LogP contribution in [0, 0.1) is 5.82 Å². The van der Waals surface area contributed by atoms with E-state index in [2.05, 4.69) is 15.1 Å². The molecule has 10 nitrogen and oxygen atoms in total. The Morgan fingerprint density at radius 1 is 1.12 bits per heavy atom. The molecule has 1 aliphatic rings. The van der Waals surface area contributed by atoms with Gasteiger partial charge in [0.15, 0.2) is 0 Å². The van der Waals surface area contributed by atoms with Gasteiger partial charge in [-0.15, -0.1) is 0 Å². The maximum absolute atomic E-state index is 14.6. The highest BCUT2D eigenvalue weighted by molar-refractivity contribution is 6.45. The van der Waals surface area contributed by atoms with Crippen molar-refractivity contribution < 1.29 is 28.0 Å². The van der Waals surface area contributed by atoms with Crippen LogP contribution < -0.4 is 0 Å².